The van der Waals surface area contributed by atoms with Gasteiger partial charge in [0.1, 0.15) is 5.69 Å². The number of hydrogen-bond acceptors (Lipinski definition) is 3. The van der Waals surface area contributed by atoms with Crippen LogP contribution in [0.25, 0.3) is 0 Å². The van der Waals surface area contributed by atoms with E-state index in [0.29, 0.717) is 24.8 Å². The fraction of sp³-hybridized carbons (Fsp3) is 0.692. The lowest BCUT2D eigenvalue weighted by Gasteiger charge is -2.07. The minimum atomic E-state index is -0.109. The first-order valence-electron chi connectivity index (χ1n) is 6.62. The zero-order valence-electron chi connectivity index (χ0n) is 11.0. The first kappa shape index (κ1) is 13.1. The van der Waals surface area contributed by atoms with Crippen molar-refractivity contribution in [2.45, 2.75) is 45.1 Å². The van der Waals surface area contributed by atoms with Gasteiger partial charge in [-0.1, -0.05) is 0 Å². The Kier molecular flexibility index (Phi) is 4.36. The molecule has 0 bridgehead atoms. The minimum Gasteiger partial charge on any atom is -0.379 e. The van der Waals surface area contributed by atoms with Crippen LogP contribution in [0, 0.1) is 0 Å². The summed E-state index contributed by atoms with van der Waals surface area (Å²) in [7, 11) is 0. The Bertz CT molecular complexity index is 397. The third-order valence-corrected chi connectivity index (χ3v) is 2.91. The largest absolute Gasteiger partial charge is 0.379 e. The summed E-state index contributed by atoms with van der Waals surface area (Å²) in [4.78, 5) is 11.8. The van der Waals surface area contributed by atoms with Crippen LogP contribution in [0.5, 0.6) is 0 Å². The van der Waals surface area contributed by atoms with E-state index in [9.17, 15) is 4.79 Å². The van der Waals surface area contributed by atoms with E-state index < -0.39 is 0 Å². The molecule has 1 fully saturated rings. The lowest BCUT2D eigenvalue weighted by Crippen LogP contribution is -2.25. The third kappa shape index (κ3) is 3.84. The number of carbonyl (C=O) groups excluding carboxylic acids is 1. The predicted molar refractivity (Wildman–Crippen MR) is 68.6 cm³/mol. The smallest absolute Gasteiger partial charge is 0.271 e. The van der Waals surface area contributed by atoms with E-state index in [1.807, 2.05) is 19.9 Å². The normalized spacial score (nSPS) is 15.1. The standard InChI is InChI=1S/C13H21N3O2/c1-9(2)18-7-3-6-14-13(17)12-8-11(15-16-12)10-4-5-10/h8-10H,3-7H2,1-2H3,(H,14,17)(H,15,16). The maximum Gasteiger partial charge on any atom is 0.271 e. The number of hydrogen-bond donors (Lipinski definition) is 2. The monoisotopic (exact) mass is 251 g/mol. The summed E-state index contributed by atoms with van der Waals surface area (Å²) in [5, 5.41) is 9.81. The van der Waals surface area contributed by atoms with Crippen LogP contribution in [0.1, 0.15) is 55.2 Å². The van der Waals surface area contributed by atoms with Gasteiger partial charge in [-0.25, -0.2) is 0 Å². The Labute approximate surface area is 107 Å². The number of ether oxygens (including phenoxy) is 1. The number of rotatable bonds is 7. The highest BCUT2D eigenvalue weighted by atomic mass is 16.5. The number of amides is 1. The molecule has 1 aliphatic rings. The number of H-pyrrole nitrogens is 1. The third-order valence-electron chi connectivity index (χ3n) is 2.91. The van der Waals surface area contributed by atoms with Crippen molar-refractivity contribution in [3.8, 4) is 0 Å². The van der Waals surface area contributed by atoms with Gasteiger partial charge in [-0.05, 0) is 39.2 Å². The summed E-state index contributed by atoms with van der Waals surface area (Å²) in [6.07, 6.45) is 3.48. The van der Waals surface area contributed by atoms with Crippen molar-refractivity contribution < 1.29 is 9.53 Å². The molecule has 5 nitrogen and oxygen atoms in total. The number of aromatic nitrogens is 2. The molecule has 0 aliphatic heterocycles. The Balaban J connectivity index is 1.67. The van der Waals surface area contributed by atoms with E-state index >= 15 is 0 Å². The number of nitrogens with zero attached hydrogens (tertiary/aromatic N) is 1. The fourth-order valence-corrected chi connectivity index (χ4v) is 1.74. The first-order valence-corrected chi connectivity index (χ1v) is 6.62. The Morgan fingerprint density at radius 2 is 2.39 bits per heavy atom. The van der Waals surface area contributed by atoms with Gasteiger partial charge in [-0.2, -0.15) is 5.10 Å². The highest BCUT2D eigenvalue weighted by molar-refractivity contribution is 5.92. The van der Waals surface area contributed by atoms with Gasteiger partial charge in [0.05, 0.1) is 6.10 Å². The molecule has 1 saturated carbocycles. The average molecular weight is 251 g/mol. The molecule has 1 aliphatic carbocycles. The quantitative estimate of drug-likeness (QED) is 0.726. The van der Waals surface area contributed by atoms with Crippen molar-refractivity contribution in [2.75, 3.05) is 13.2 Å². The van der Waals surface area contributed by atoms with Gasteiger partial charge < -0.3 is 10.1 Å². The van der Waals surface area contributed by atoms with Crippen LogP contribution in [0.4, 0.5) is 0 Å². The predicted octanol–water partition coefficient (Wildman–Crippen LogP) is 1.83. The van der Waals surface area contributed by atoms with Gasteiger partial charge in [0.25, 0.3) is 5.91 Å². The molecular formula is C13H21N3O2. The molecule has 0 unspecified atom stereocenters. The van der Waals surface area contributed by atoms with Crippen molar-refractivity contribution in [3.63, 3.8) is 0 Å². The Morgan fingerprint density at radius 1 is 1.61 bits per heavy atom. The molecule has 0 atom stereocenters. The summed E-state index contributed by atoms with van der Waals surface area (Å²) in [5.74, 6) is 0.487. The van der Waals surface area contributed by atoms with Crippen LogP contribution < -0.4 is 5.32 Å². The van der Waals surface area contributed by atoms with Gasteiger partial charge >= 0.3 is 0 Å². The molecule has 0 aromatic carbocycles. The highest BCUT2D eigenvalue weighted by Gasteiger charge is 2.26. The molecule has 2 N–H and O–H groups in total. The van der Waals surface area contributed by atoms with Crippen molar-refractivity contribution in [2.24, 2.45) is 0 Å². The summed E-state index contributed by atoms with van der Waals surface area (Å²) in [5.41, 5.74) is 1.57. The average Bonchev–Trinajstić information content (AvgIpc) is 3.06. The zero-order chi connectivity index (χ0) is 13.0. The van der Waals surface area contributed by atoms with E-state index in [0.717, 1.165) is 12.1 Å². The molecule has 0 radical (unpaired) electrons. The minimum absolute atomic E-state index is 0.109. The molecule has 2 rings (SSSR count). The van der Waals surface area contributed by atoms with E-state index in [-0.39, 0.29) is 12.0 Å². The van der Waals surface area contributed by atoms with Gasteiger partial charge in [0.15, 0.2) is 0 Å². The van der Waals surface area contributed by atoms with Crippen LogP contribution in [-0.4, -0.2) is 35.4 Å². The summed E-state index contributed by atoms with van der Waals surface area (Å²) in [6, 6.07) is 1.86. The van der Waals surface area contributed by atoms with Gasteiger partial charge in [-0.15, -0.1) is 0 Å². The molecule has 0 saturated heterocycles. The lowest BCUT2D eigenvalue weighted by atomic mass is 10.2. The molecule has 18 heavy (non-hydrogen) atoms. The summed E-state index contributed by atoms with van der Waals surface area (Å²) in [6.45, 7) is 5.30. The maximum absolute atomic E-state index is 11.8. The molecule has 1 heterocycles. The molecule has 1 aromatic heterocycles. The van der Waals surface area contributed by atoms with Crippen LogP contribution in [0.15, 0.2) is 6.07 Å². The molecule has 100 valence electrons. The van der Waals surface area contributed by atoms with Crippen molar-refractivity contribution >= 4 is 5.91 Å². The topological polar surface area (TPSA) is 67.0 Å². The van der Waals surface area contributed by atoms with Crippen LogP contribution in [0.2, 0.25) is 0 Å². The maximum atomic E-state index is 11.8. The number of carbonyl (C=O) groups is 1. The fourth-order valence-electron chi connectivity index (χ4n) is 1.74. The number of aromatic amines is 1. The van der Waals surface area contributed by atoms with E-state index in [1.54, 1.807) is 0 Å². The van der Waals surface area contributed by atoms with Crippen molar-refractivity contribution in [1.82, 2.24) is 15.5 Å². The molecule has 5 heteroatoms. The Morgan fingerprint density at radius 3 is 3.06 bits per heavy atom. The van der Waals surface area contributed by atoms with Crippen molar-refractivity contribution in [3.05, 3.63) is 17.5 Å². The van der Waals surface area contributed by atoms with Gasteiger partial charge in [0, 0.05) is 24.8 Å². The second-order valence-corrected chi connectivity index (χ2v) is 5.01. The molecule has 0 spiro atoms. The first-order chi connectivity index (χ1) is 8.66. The molecule has 1 aromatic rings. The van der Waals surface area contributed by atoms with Crippen LogP contribution in [-0.2, 0) is 4.74 Å². The van der Waals surface area contributed by atoms with E-state index in [2.05, 4.69) is 15.5 Å². The number of nitrogens with one attached hydrogen (secondary N) is 2. The second-order valence-electron chi connectivity index (χ2n) is 5.01. The van der Waals surface area contributed by atoms with E-state index in [1.165, 1.54) is 12.8 Å². The second kappa shape index (κ2) is 6.00. The SMILES string of the molecule is CC(C)OCCCNC(=O)c1cc(C2CC2)[nH]n1. The summed E-state index contributed by atoms with van der Waals surface area (Å²) >= 11 is 0. The van der Waals surface area contributed by atoms with Crippen molar-refractivity contribution in [1.29, 1.82) is 0 Å². The highest BCUT2D eigenvalue weighted by Crippen LogP contribution is 2.38. The zero-order valence-corrected chi connectivity index (χ0v) is 11.0. The van der Waals surface area contributed by atoms with Crippen LogP contribution in [0.3, 0.4) is 0 Å². The summed E-state index contributed by atoms with van der Waals surface area (Å²) < 4.78 is 5.40. The molecular weight excluding hydrogens is 230 g/mol. The van der Waals surface area contributed by atoms with Gasteiger partial charge in [-0.3, -0.25) is 9.89 Å². The van der Waals surface area contributed by atoms with E-state index in [4.69, 9.17) is 4.74 Å². The Hall–Kier alpha value is -1.36. The molecule has 1 amide bonds. The van der Waals surface area contributed by atoms with Crippen LogP contribution >= 0.6 is 0 Å². The van der Waals surface area contributed by atoms with Gasteiger partial charge in [0.2, 0.25) is 0 Å². The lowest BCUT2D eigenvalue weighted by molar-refractivity contribution is 0.0756.